The summed E-state index contributed by atoms with van der Waals surface area (Å²) in [6.45, 7) is 0. The van der Waals surface area contributed by atoms with E-state index in [4.69, 9.17) is 10.5 Å². The van der Waals surface area contributed by atoms with Crippen molar-refractivity contribution in [2.45, 2.75) is 24.9 Å². The monoisotopic (exact) mass is 280 g/mol. The lowest BCUT2D eigenvalue weighted by atomic mass is 9.79. The van der Waals surface area contributed by atoms with Gasteiger partial charge in [0.2, 0.25) is 0 Å². The lowest BCUT2D eigenvalue weighted by Crippen LogP contribution is -2.42. The summed E-state index contributed by atoms with van der Waals surface area (Å²) >= 11 is 0. The Kier molecular flexibility index (Phi) is 2.60. The van der Waals surface area contributed by atoms with Crippen molar-refractivity contribution in [3.8, 4) is 5.75 Å². The van der Waals surface area contributed by atoms with Gasteiger partial charge in [-0.3, -0.25) is 4.40 Å². The maximum absolute atomic E-state index is 6.27. The van der Waals surface area contributed by atoms with Gasteiger partial charge < -0.3 is 10.5 Å². The zero-order chi connectivity index (χ0) is 14.3. The summed E-state index contributed by atoms with van der Waals surface area (Å²) in [6.07, 6.45) is 5.02. The van der Waals surface area contributed by atoms with Crippen LogP contribution in [0.4, 0.5) is 5.69 Å². The van der Waals surface area contributed by atoms with Gasteiger partial charge in [-0.1, -0.05) is 6.07 Å². The number of anilines is 1. The Morgan fingerprint density at radius 2 is 1.86 bits per heavy atom. The molecule has 5 heteroatoms. The van der Waals surface area contributed by atoms with E-state index in [2.05, 4.69) is 10.2 Å². The van der Waals surface area contributed by atoms with Crippen LogP contribution in [0.15, 0.2) is 48.7 Å². The normalized spacial score (nSPS) is 16.6. The highest BCUT2D eigenvalue weighted by Gasteiger charge is 2.45. The molecule has 1 fully saturated rings. The quantitative estimate of drug-likeness (QED) is 0.749. The fraction of sp³-hybridized carbons (Fsp3) is 0.250. The third-order valence-electron chi connectivity index (χ3n) is 4.08. The topological polar surface area (TPSA) is 65.4 Å². The van der Waals surface area contributed by atoms with E-state index in [0.717, 1.165) is 42.2 Å². The third kappa shape index (κ3) is 1.93. The van der Waals surface area contributed by atoms with Crippen molar-refractivity contribution < 1.29 is 4.74 Å². The molecule has 4 rings (SSSR count). The van der Waals surface area contributed by atoms with E-state index in [1.807, 2.05) is 53.1 Å². The van der Waals surface area contributed by atoms with Gasteiger partial charge >= 0.3 is 0 Å². The average Bonchev–Trinajstić information content (AvgIpc) is 2.89. The van der Waals surface area contributed by atoms with Gasteiger partial charge in [-0.25, -0.2) is 0 Å². The molecule has 0 radical (unpaired) electrons. The summed E-state index contributed by atoms with van der Waals surface area (Å²) in [7, 11) is 0. The van der Waals surface area contributed by atoms with Crippen molar-refractivity contribution in [1.29, 1.82) is 0 Å². The standard InChI is InChI=1S/C16H16N4O/c17-12-5-7-13(8-6-12)21-16(9-3-10-16)15-19-18-14-4-1-2-11-20(14)15/h1-2,4-8,11H,3,9-10,17H2. The SMILES string of the molecule is Nc1ccc(OC2(c3nnc4ccccn34)CCC2)cc1. The number of rotatable bonds is 3. The van der Waals surface area contributed by atoms with E-state index in [1.54, 1.807) is 0 Å². The second-order valence-corrected chi connectivity index (χ2v) is 5.47. The average molecular weight is 280 g/mol. The minimum Gasteiger partial charge on any atom is -0.479 e. The molecule has 5 nitrogen and oxygen atoms in total. The van der Waals surface area contributed by atoms with Crippen molar-refractivity contribution >= 4 is 11.3 Å². The molecule has 1 aliphatic rings. The first-order chi connectivity index (χ1) is 10.3. The lowest BCUT2D eigenvalue weighted by molar-refractivity contribution is -0.0212. The highest BCUT2D eigenvalue weighted by molar-refractivity contribution is 5.42. The minimum atomic E-state index is -0.378. The number of ether oxygens (including phenoxy) is 1. The van der Waals surface area contributed by atoms with Crippen molar-refractivity contribution in [3.05, 3.63) is 54.5 Å². The van der Waals surface area contributed by atoms with Gasteiger partial charge in [0.1, 0.15) is 5.75 Å². The van der Waals surface area contributed by atoms with E-state index < -0.39 is 0 Å². The fourth-order valence-corrected chi connectivity index (χ4v) is 2.78. The zero-order valence-corrected chi connectivity index (χ0v) is 11.6. The van der Waals surface area contributed by atoms with Crippen molar-refractivity contribution in [1.82, 2.24) is 14.6 Å². The Labute approximate surface area is 122 Å². The Hall–Kier alpha value is -2.56. The number of pyridine rings is 1. The number of nitrogens with zero attached hydrogens (tertiary/aromatic N) is 3. The molecule has 106 valence electrons. The van der Waals surface area contributed by atoms with E-state index >= 15 is 0 Å². The zero-order valence-electron chi connectivity index (χ0n) is 11.6. The van der Waals surface area contributed by atoms with Crippen molar-refractivity contribution in [3.63, 3.8) is 0 Å². The summed E-state index contributed by atoms with van der Waals surface area (Å²) in [5.74, 6) is 1.69. The molecule has 1 aromatic carbocycles. The van der Waals surface area contributed by atoms with Gasteiger partial charge in [0, 0.05) is 11.9 Å². The first-order valence-electron chi connectivity index (χ1n) is 7.12. The van der Waals surface area contributed by atoms with Crippen LogP contribution in [0.3, 0.4) is 0 Å². The highest BCUT2D eigenvalue weighted by atomic mass is 16.5. The van der Waals surface area contributed by atoms with Gasteiger partial charge in [-0.05, 0) is 55.7 Å². The molecule has 2 aromatic heterocycles. The second kappa shape index (κ2) is 4.48. The third-order valence-corrected chi connectivity index (χ3v) is 4.08. The van der Waals surface area contributed by atoms with Crippen LogP contribution in [0.1, 0.15) is 25.1 Å². The maximum Gasteiger partial charge on any atom is 0.181 e. The Morgan fingerprint density at radius 3 is 2.57 bits per heavy atom. The summed E-state index contributed by atoms with van der Waals surface area (Å²) in [6, 6.07) is 13.4. The van der Waals surface area contributed by atoms with Gasteiger partial charge in [0.05, 0.1) is 0 Å². The predicted molar refractivity (Wildman–Crippen MR) is 80.0 cm³/mol. The van der Waals surface area contributed by atoms with Crippen LogP contribution in [0, 0.1) is 0 Å². The van der Waals surface area contributed by atoms with Crippen molar-refractivity contribution in [2.24, 2.45) is 0 Å². The summed E-state index contributed by atoms with van der Waals surface area (Å²) in [4.78, 5) is 0. The molecule has 1 saturated carbocycles. The van der Waals surface area contributed by atoms with Gasteiger partial charge in [-0.2, -0.15) is 0 Å². The fourth-order valence-electron chi connectivity index (χ4n) is 2.78. The number of benzene rings is 1. The first kappa shape index (κ1) is 12.2. The van der Waals surface area contributed by atoms with Gasteiger partial charge in [0.25, 0.3) is 0 Å². The van der Waals surface area contributed by atoms with Crippen LogP contribution < -0.4 is 10.5 Å². The van der Waals surface area contributed by atoms with Crippen LogP contribution in [0.25, 0.3) is 5.65 Å². The summed E-state index contributed by atoms with van der Waals surface area (Å²) < 4.78 is 8.28. The van der Waals surface area contributed by atoms with Crippen LogP contribution >= 0.6 is 0 Å². The molecule has 0 bridgehead atoms. The molecule has 0 atom stereocenters. The summed E-state index contributed by atoms with van der Waals surface area (Å²) in [5, 5.41) is 8.60. The lowest BCUT2D eigenvalue weighted by Gasteiger charge is -2.40. The number of nitrogens with two attached hydrogens (primary N) is 1. The first-order valence-corrected chi connectivity index (χ1v) is 7.12. The predicted octanol–water partition coefficient (Wildman–Crippen LogP) is 2.77. The molecule has 2 heterocycles. The summed E-state index contributed by atoms with van der Waals surface area (Å²) in [5.41, 5.74) is 6.93. The molecule has 0 aliphatic heterocycles. The van der Waals surface area contributed by atoms with E-state index in [9.17, 15) is 0 Å². The molecule has 3 aromatic rings. The number of fused-ring (bicyclic) bond motifs is 1. The van der Waals surface area contributed by atoms with Crippen LogP contribution in [0.2, 0.25) is 0 Å². The van der Waals surface area contributed by atoms with Crippen LogP contribution in [0.5, 0.6) is 5.75 Å². The molecule has 0 spiro atoms. The Bertz CT molecular complexity index is 774. The largest absolute Gasteiger partial charge is 0.479 e. The van der Waals surface area contributed by atoms with E-state index in [1.165, 1.54) is 0 Å². The number of aromatic nitrogens is 3. The number of hydrogen-bond donors (Lipinski definition) is 1. The Balaban J connectivity index is 1.74. The van der Waals surface area contributed by atoms with Crippen molar-refractivity contribution in [2.75, 3.05) is 5.73 Å². The second-order valence-electron chi connectivity index (χ2n) is 5.47. The van der Waals surface area contributed by atoms with Gasteiger partial charge in [-0.15, -0.1) is 10.2 Å². The molecule has 2 N–H and O–H groups in total. The number of nitrogen functional groups attached to an aromatic ring is 1. The number of hydrogen-bond acceptors (Lipinski definition) is 4. The maximum atomic E-state index is 6.27. The molecule has 0 unspecified atom stereocenters. The Morgan fingerprint density at radius 1 is 1.05 bits per heavy atom. The van der Waals surface area contributed by atoms with E-state index in [0.29, 0.717) is 0 Å². The van der Waals surface area contributed by atoms with Crippen LogP contribution in [-0.2, 0) is 5.60 Å². The molecule has 21 heavy (non-hydrogen) atoms. The molecule has 1 aliphatic carbocycles. The van der Waals surface area contributed by atoms with Gasteiger partial charge in [0.15, 0.2) is 17.1 Å². The molecule has 0 saturated heterocycles. The molecule has 0 amide bonds. The minimum absolute atomic E-state index is 0.378. The smallest absolute Gasteiger partial charge is 0.181 e. The van der Waals surface area contributed by atoms with E-state index in [-0.39, 0.29) is 5.60 Å². The highest BCUT2D eigenvalue weighted by Crippen LogP contribution is 2.44. The van der Waals surface area contributed by atoms with Crippen LogP contribution in [-0.4, -0.2) is 14.6 Å². The molecular weight excluding hydrogens is 264 g/mol. The molecular formula is C16H16N4O.